The van der Waals surface area contributed by atoms with Gasteiger partial charge in [-0.25, -0.2) is 0 Å². The molecule has 4 nitrogen and oxygen atoms in total. The molecule has 1 atom stereocenters. The molecule has 0 aromatic heterocycles. The zero-order valence-electron chi connectivity index (χ0n) is 11.1. The molecule has 1 N–H and O–H groups in total. The molecule has 1 unspecified atom stereocenters. The van der Waals surface area contributed by atoms with E-state index in [9.17, 15) is 15.2 Å². The Morgan fingerprint density at radius 2 is 1.95 bits per heavy atom. The van der Waals surface area contributed by atoms with Gasteiger partial charge < -0.3 is 5.11 Å². The highest BCUT2D eigenvalue weighted by Gasteiger charge is 2.20. The van der Waals surface area contributed by atoms with Gasteiger partial charge in [0, 0.05) is 18.1 Å². The molecule has 19 heavy (non-hydrogen) atoms. The predicted molar refractivity (Wildman–Crippen MR) is 74.0 cm³/mol. The highest BCUT2D eigenvalue weighted by molar-refractivity contribution is 5.40. The highest BCUT2D eigenvalue weighted by atomic mass is 16.6. The van der Waals surface area contributed by atoms with Gasteiger partial charge in [0.2, 0.25) is 0 Å². The Morgan fingerprint density at radius 3 is 2.63 bits per heavy atom. The van der Waals surface area contributed by atoms with Crippen LogP contribution in [-0.2, 0) is 6.42 Å². The number of benzene rings is 1. The van der Waals surface area contributed by atoms with Crippen molar-refractivity contribution in [2.75, 3.05) is 0 Å². The van der Waals surface area contributed by atoms with Crippen LogP contribution in [-0.4, -0.2) is 16.1 Å². The Hall–Kier alpha value is -1.42. The zero-order valence-corrected chi connectivity index (χ0v) is 11.1. The van der Waals surface area contributed by atoms with Gasteiger partial charge in [0.1, 0.15) is 0 Å². The monoisotopic (exact) mass is 263 g/mol. The summed E-state index contributed by atoms with van der Waals surface area (Å²) >= 11 is 0. The molecule has 2 rings (SSSR count). The summed E-state index contributed by atoms with van der Waals surface area (Å²) in [5, 5.41) is 21.1. The Labute approximate surface area is 113 Å². The van der Waals surface area contributed by atoms with Crippen molar-refractivity contribution in [2.45, 2.75) is 51.0 Å². The standard InChI is InChI=1S/C15H21NO3/c17-14(10-12-6-2-1-3-7-12)11-13-8-4-5-9-15(13)16(18)19/h4-5,8-9,12,14,17H,1-3,6-7,10-11H2. The van der Waals surface area contributed by atoms with Gasteiger partial charge in [0.05, 0.1) is 11.0 Å². The second-order valence-corrected chi connectivity index (χ2v) is 5.48. The molecule has 1 aromatic rings. The van der Waals surface area contributed by atoms with Gasteiger partial charge in [-0.05, 0) is 12.3 Å². The first-order valence-electron chi connectivity index (χ1n) is 7.07. The number of aliphatic hydroxyl groups excluding tert-OH is 1. The second-order valence-electron chi connectivity index (χ2n) is 5.48. The molecule has 4 heteroatoms. The fourth-order valence-electron chi connectivity index (χ4n) is 3.01. The normalized spacial score (nSPS) is 18.2. The number of aliphatic hydroxyl groups is 1. The van der Waals surface area contributed by atoms with E-state index in [-0.39, 0.29) is 10.6 Å². The first kappa shape index (κ1) is 14.0. The molecular formula is C15H21NO3. The predicted octanol–water partition coefficient (Wildman–Crippen LogP) is 3.47. The van der Waals surface area contributed by atoms with Crippen molar-refractivity contribution < 1.29 is 10.0 Å². The minimum atomic E-state index is -0.468. The van der Waals surface area contributed by atoms with Gasteiger partial charge in [0.15, 0.2) is 0 Å². The summed E-state index contributed by atoms with van der Waals surface area (Å²) in [6.07, 6.45) is 6.87. The summed E-state index contributed by atoms with van der Waals surface area (Å²) in [4.78, 5) is 10.5. The van der Waals surface area contributed by atoms with Gasteiger partial charge in [-0.1, -0.05) is 50.3 Å². The van der Waals surface area contributed by atoms with Crippen molar-refractivity contribution in [3.05, 3.63) is 39.9 Å². The molecule has 0 bridgehead atoms. The molecule has 0 heterocycles. The average molecular weight is 263 g/mol. The van der Waals surface area contributed by atoms with Crippen LogP contribution in [0.4, 0.5) is 5.69 Å². The van der Waals surface area contributed by atoms with E-state index >= 15 is 0 Å². The molecule has 1 aliphatic rings. The molecule has 0 amide bonds. The van der Waals surface area contributed by atoms with Crippen LogP contribution in [0.2, 0.25) is 0 Å². The summed E-state index contributed by atoms with van der Waals surface area (Å²) < 4.78 is 0. The van der Waals surface area contributed by atoms with Crippen LogP contribution in [0.15, 0.2) is 24.3 Å². The lowest BCUT2D eigenvalue weighted by Crippen LogP contribution is -2.18. The van der Waals surface area contributed by atoms with Gasteiger partial charge in [-0.2, -0.15) is 0 Å². The molecule has 1 aliphatic carbocycles. The first-order chi connectivity index (χ1) is 9.16. The molecule has 0 aliphatic heterocycles. The average Bonchev–Trinajstić information content (AvgIpc) is 2.40. The molecule has 1 fully saturated rings. The fourth-order valence-corrected chi connectivity index (χ4v) is 3.01. The first-order valence-corrected chi connectivity index (χ1v) is 7.07. The Morgan fingerprint density at radius 1 is 1.26 bits per heavy atom. The second kappa shape index (κ2) is 6.66. The van der Waals surface area contributed by atoms with Gasteiger partial charge in [-0.3, -0.25) is 10.1 Å². The van der Waals surface area contributed by atoms with E-state index in [2.05, 4.69) is 0 Å². The minimum Gasteiger partial charge on any atom is -0.393 e. The number of hydrogen-bond donors (Lipinski definition) is 1. The van der Waals surface area contributed by atoms with E-state index < -0.39 is 6.10 Å². The van der Waals surface area contributed by atoms with Gasteiger partial charge >= 0.3 is 0 Å². The smallest absolute Gasteiger partial charge is 0.272 e. The lowest BCUT2D eigenvalue weighted by molar-refractivity contribution is -0.385. The molecule has 1 saturated carbocycles. The summed E-state index contributed by atoms with van der Waals surface area (Å²) in [7, 11) is 0. The molecule has 1 aromatic carbocycles. The molecule has 104 valence electrons. The molecule has 0 radical (unpaired) electrons. The van der Waals surface area contributed by atoms with E-state index in [1.54, 1.807) is 18.2 Å². The molecular weight excluding hydrogens is 242 g/mol. The van der Waals surface area contributed by atoms with Crippen molar-refractivity contribution in [3.8, 4) is 0 Å². The highest BCUT2D eigenvalue weighted by Crippen LogP contribution is 2.29. The van der Waals surface area contributed by atoms with E-state index in [1.165, 1.54) is 38.2 Å². The minimum absolute atomic E-state index is 0.116. The van der Waals surface area contributed by atoms with Crippen LogP contribution in [0.3, 0.4) is 0 Å². The van der Waals surface area contributed by atoms with Crippen LogP contribution in [0.5, 0.6) is 0 Å². The SMILES string of the molecule is O=[N+]([O-])c1ccccc1CC(O)CC1CCCCC1. The summed E-state index contributed by atoms with van der Waals surface area (Å²) in [6.45, 7) is 0. The van der Waals surface area contributed by atoms with Crippen LogP contribution >= 0.6 is 0 Å². The van der Waals surface area contributed by atoms with Crippen LogP contribution in [0.25, 0.3) is 0 Å². The maximum absolute atomic E-state index is 10.9. The van der Waals surface area contributed by atoms with E-state index in [0.29, 0.717) is 17.9 Å². The van der Waals surface area contributed by atoms with Crippen molar-refractivity contribution in [3.63, 3.8) is 0 Å². The topological polar surface area (TPSA) is 63.4 Å². The summed E-state index contributed by atoms with van der Waals surface area (Å²) in [6, 6.07) is 6.69. The fraction of sp³-hybridized carbons (Fsp3) is 0.600. The van der Waals surface area contributed by atoms with Gasteiger partial charge in [0.25, 0.3) is 5.69 Å². The summed E-state index contributed by atoms with van der Waals surface area (Å²) in [5.74, 6) is 0.589. The Bertz CT molecular complexity index is 427. The quantitative estimate of drug-likeness (QED) is 0.653. The molecule has 0 saturated heterocycles. The third kappa shape index (κ3) is 4.03. The Balaban J connectivity index is 1.94. The van der Waals surface area contributed by atoms with Gasteiger partial charge in [-0.15, -0.1) is 0 Å². The third-order valence-corrected chi connectivity index (χ3v) is 3.97. The number of nitro groups is 1. The Kier molecular flexibility index (Phi) is 4.91. The number of nitro benzene ring substituents is 1. The number of hydrogen-bond acceptors (Lipinski definition) is 3. The third-order valence-electron chi connectivity index (χ3n) is 3.97. The lowest BCUT2D eigenvalue weighted by atomic mass is 9.84. The summed E-state index contributed by atoms with van der Waals surface area (Å²) in [5.41, 5.74) is 0.751. The number of rotatable bonds is 5. The maximum Gasteiger partial charge on any atom is 0.272 e. The van der Waals surface area contributed by atoms with Crippen molar-refractivity contribution in [1.29, 1.82) is 0 Å². The van der Waals surface area contributed by atoms with E-state index in [1.807, 2.05) is 0 Å². The van der Waals surface area contributed by atoms with Crippen molar-refractivity contribution >= 4 is 5.69 Å². The van der Waals surface area contributed by atoms with Crippen LogP contribution in [0.1, 0.15) is 44.1 Å². The number of para-hydroxylation sites is 1. The lowest BCUT2D eigenvalue weighted by Gasteiger charge is -2.23. The van der Waals surface area contributed by atoms with E-state index in [0.717, 1.165) is 6.42 Å². The van der Waals surface area contributed by atoms with Crippen LogP contribution in [0, 0.1) is 16.0 Å². The van der Waals surface area contributed by atoms with Crippen molar-refractivity contribution in [1.82, 2.24) is 0 Å². The van der Waals surface area contributed by atoms with E-state index in [4.69, 9.17) is 0 Å². The largest absolute Gasteiger partial charge is 0.393 e. The molecule has 0 spiro atoms. The zero-order chi connectivity index (χ0) is 13.7. The van der Waals surface area contributed by atoms with Crippen molar-refractivity contribution in [2.24, 2.45) is 5.92 Å². The van der Waals surface area contributed by atoms with Crippen LogP contribution < -0.4 is 0 Å². The maximum atomic E-state index is 10.9. The number of nitrogens with zero attached hydrogens (tertiary/aromatic N) is 1.